The molecule has 0 aliphatic heterocycles. The molecule has 4 aromatic rings. The second-order valence-electron chi connectivity index (χ2n) is 6.26. The number of benzene rings is 3. The van der Waals surface area contributed by atoms with Crippen LogP contribution in [0.25, 0.3) is 33.1 Å². The van der Waals surface area contributed by atoms with E-state index in [0.29, 0.717) is 0 Å². The average molecular weight is 327 g/mol. The number of hydrogen-bond acceptors (Lipinski definition) is 2. The summed E-state index contributed by atoms with van der Waals surface area (Å²) in [5, 5.41) is 4.53. The van der Waals surface area contributed by atoms with Crippen LogP contribution in [0.15, 0.2) is 82.2 Å². The molecule has 0 atom stereocenters. The SMILES string of the molecule is CCCCN=c1cc(-c2ccccc2)oc2ccc3ccccc3c12. The molecule has 0 bridgehead atoms. The highest BCUT2D eigenvalue weighted by molar-refractivity contribution is 6.05. The Bertz CT molecular complexity index is 1080. The normalized spacial score (nSPS) is 12.1. The van der Waals surface area contributed by atoms with Crippen LogP contribution >= 0.6 is 0 Å². The molecule has 0 saturated heterocycles. The first-order chi connectivity index (χ1) is 12.4. The van der Waals surface area contributed by atoms with Crippen LogP contribution in [-0.2, 0) is 0 Å². The maximum Gasteiger partial charge on any atom is 0.137 e. The van der Waals surface area contributed by atoms with Gasteiger partial charge in [-0.3, -0.25) is 4.99 Å². The van der Waals surface area contributed by atoms with Crippen LogP contribution < -0.4 is 5.36 Å². The molecule has 0 saturated carbocycles. The smallest absolute Gasteiger partial charge is 0.137 e. The lowest BCUT2D eigenvalue weighted by molar-refractivity contribution is 0.618. The summed E-state index contributed by atoms with van der Waals surface area (Å²) in [6.07, 6.45) is 2.24. The molecule has 0 unspecified atom stereocenters. The van der Waals surface area contributed by atoms with Crippen LogP contribution in [0.4, 0.5) is 0 Å². The van der Waals surface area contributed by atoms with Gasteiger partial charge < -0.3 is 4.42 Å². The summed E-state index contributed by atoms with van der Waals surface area (Å²) < 4.78 is 6.24. The number of hydrogen-bond donors (Lipinski definition) is 0. The fourth-order valence-corrected chi connectivity index (χ4v) is 3.17. The minimum atomic E-state index is 0.840. The van der Waals surface area contributed by atoms with E-state index < -0.39 is 0 Å². The van der Waals surface area contributed by atoms with Crippen molar-refractivity contribution < 1.29 is 4.42 Å². The minimum absolute atomic E-state index is 0.840. The van der Waals surface area contributed by atoms with Gasteiger partial charge in [0.1, 0.15) is 11.3 Å². The van der Waals surface area contributed by atoms with E-state index in [-0.39, 0.29) is 0 Å². The molecule has 1 heterocycles. The average Bonchev–Trinajstić information content (AvgIpc) is 2.68. The van der Waals surface area contributed by atoms with E-state index in [9.17, 15) is 0 Å². The third-order valence-corrected chi connectivity index (χ3v) is 4.49. The molecular formula is C23H21NO. The van der Waals surface area contributed by atoms with E-state index in [2.05, 4.69) is 61.5 Å². The molecule has 4 rings (SSSR count). The van der Waals surface area contributed by atoms with Gasteiger partial charge in [-0.2, -0.15) is 0 Å². The lowest BCUT2D eigenvalue weighted by atomic mass is 10.0. The predicted octanol–water partition coefficient (Wildman–Crippen LogP) is 5.95. The summed E-state index contributed by atoms with van der Waals surface area (Å²) in [5.41, 5.74) is 1.96. The first-order valence-corrected chi connectivity index (χ1v) is 8.88. The monoisotopic (exact) mass is 327 g/mol. The number of rotatable bonds is 4. The van der Waals surface area contributed by atoms with Gasteiger partial charge in [-0.25, -0.2) is 0 Å². The standard InChI is InChI=1S/C23H21NO/c1-2-3-15-24-20-16-22(18-10-5-4-6-11-18)25-21-14-13-17-9-7-8-12-19(17)23(20)21/h4-14,16H,2-3,15H2,1H3. The van der Waals surface area contributed by atoms with Crippen LogP contribution in [-0.4, -0.2) is 6.54 Å². The number of nitrogens with zero attached hydrogens (tertiary/aromatic N) is 1. The predicted molar refractivity (Wildman–Crippen MR) is 104 cm³/mol. The van der Waals surface area contributed by atoms with Crippen molar-refractivity contribution in [3.05, 3.63) is 78.2 Å². The summed E-state index contributed by atoms with van der Waals surface area (Å²) in [6, 6.07) is 24.9. The Balaban J connectivity index is 2.03. The van der Waals surface area contributed by atoms with Gasteiger partial charge in [0.2, 0.25) is 0 Å². The van der Waals surface area contributed by atoms with E-state index in [0.717, 1.165) is 47.0 Å². The number of unbranched alkanes of at least 4 members (excludes halogenated alkanes) is 1. The second kappa shape index (κ2) is 6.94. The fraction of sp³-hybridized carbons (Fsp3) is 0.174. The number of fused-ring (bicyclic) bond motifs is 3. The first kappa shape index (κ1) is 15.6. The van der Waals surface area contributed by atoms with E-state index in [1.54, 1.807) is 0 Å². The highest BCUT2D eigenvalue weighted by Gasteiger charge is 2.08. The van der Waals surface area contributed by atoms with Crippen molar-refractivity contribution in [3.63, 3.8) is 0 Å². The molecule has 0 aliphatic rings. The lowest BCUT2D eigenvalue weighted by Crippen LogP contribution is -2.06. The van der Waals surface area contributed by atoms with Crippen LogP contribution in [0.2, 0.25) is 0 Å². The molecular weight excluding hydrogens is 306 g/mol. The van der Waals surface area contributed by atoms with Crippen molar-refractivity contribution >= 4 is 21.7 Å². The van der Waals surface area contributed by atoms with Crippen molar-refractivity contribution in [1.82, 2.24) is 0 Å². The summed E-state index contributed by atoms with van der Waals surface area (Å²) in [4.78, 5) is 4.90. The quantitative estimate of drug-likeness (QED) is 0.336. The van der Waals surface area contributed by atoms with Crippen molar-refractivity contribution in [2.75, 3.05) is 6.54 Å². The molecule has 0 amide bonds. The Morgan fingerprint density at radius 2 is 1.68 bits per heavy atom. The van der Waals surface area contributed by atoms with E-state index >= 15 is 0 Å². The van der Waals surface area contributed by atoms with Gasteiger partial charge in [-0.15, -0.1) is 0 Å². The molecule has 1 aromatic heterocycles. The molecule has 0 aliphatic carbocycles. The van der Waals surface area contributed by atoms with E-state index in [1.165, 1.54) is 10.8 Å². The highest BCUT2D eigenvalue weighted by atomic mass is 16.3. The summed E-state index contributed by atoms with van der Waals surface area (Å²) >= 11 is 0. The summed E-state index contributed by atoms with van der Waals surface area (Å²) in [7, 11) is 0. The maximum absolute atomic E-state index is 6.24. The Hall–Kier alpha value is -2.87. The van der Waals surface area contributed by atoms with Crippen LogP contribution in [0.5, 0.6) is 0 Å². The van der Waals surface area contributed by atoms with Crippen LogP contribution in [0.3, 0.4) is 0 Å². The molecule has 124 valence electrons. The van der Waals surface area contributed by atoms with Crippen LogP contribution in [0, 0.1) is 0 Å². The largest absolute Gasteiger partial charge is 0.456 e. The van der Waals surface area contributed by atoms with Crippen molar-refractivity contribution in [3.8, 4) is 11.3 Å². The Kier molecular flexibility index (Phi) is 4.34. The Morgan fingerprint density at radius 3 is 2.52 bits per heavy atom. The highest BCUT2D eigenvalue weighted by Crippen LogP contribution is 2.27. The molecule has 3 aromatic carbocycles. The van der Waals surface area contributed by atoms with Gasteiger partial charge in [0.05, 0.1) is 10.7 Å². The summed E-state index contributed by atoms with van der Waals surface area (Å²) in [5.74, 6) is 0.860. The van der Waals surface area contributed by atoms with Crippen molar-refractivity contribution in [2.45, 2.75) is 19.8 Å². The zero-order chi connectivity index (χ0) is 17.1. The van der Waals surface area contributed by atoms with Gasteiger partial charge in [-0.1, -0.05) is 74.0 Å². The van der Waals surface area contributed by atoms with Gasteiger partial charge in [-0.05, 0) is 23.3 Å². The fourth-order valence-electron chi connectivity index (χ4n) is 3.17. The van der Waals surface area contributed by atoms with Gasteiger partial charge in [0.25, 0.3) is 0 Å². The molecule has 0 N–H and O–H groups in total. The molecule has 2 nitrogen and oxygen atoms in total. The topological polar surface area (TPSA) is 25.5 Å². The van der Waals surface area contributed by atoms with Gasteiger partial charge in [0, 0.05) is 18.2 Å². The first-order valence-electron chi connectivity index (χ1n) is 8.88. The van der Waals surface area contributed by atoms with Crippen molar-refractivity contribution in [1.29, 1.82) is 0 Å². The molecule has 0 fully saturated rings. The van der Waals surface area contributed by atoms with Gasteiger partial charge in [0.15, 0.2) is 0 Å². The minimum Gasteiger partial charge on any atom is -0.456 e. The van der Waals surface area contributed by atoms with Crippen LogP contribution in [0.1, 0.15) is 19.8 Å². The zero-order valence-electron chi connectivity index (χ0n) is 14.4. The molecule has 25 heavy (non-hydrogen) atoms. The lowest BCUT2D eigenvalue weighted by Gasteiger charge is -2.08. The maximum atomic E-state index is 6.24. The van der Waals surface area contributed by atoms with Crippen molar-refractivity contribution in [2.24, 2.45) is 4.99 Å². The second-order valence-corrected chi connectivity index (χ2v) is 6.26. The van der Waals surface area contributed by atoms with E-state index in [1.807, 2.05) is 18.2 Å². The van der Waals surface area contributed by atoms with Gasteiger partial charge >= 0.3 is 0 Å². The van der Waals surface area contributed by atoms with E-state index in [4.69, 9.17) is 9.41 Å². The Labute approximate surface area is 147 Å². The third-order valence-electron chi connectivity index (χ3n) is 4.49. The third kappa shape index (κ3) is 3.08. The Morgan fingerprint density at radius 1 is 0.880 bits per heavy atom. The summed E-state index contributed by atoms with van der Waals surface area (Å²) in [6.45, 7) is 3.03. The zero-order valence-corrected chi connectivity index (χ0v) is 14.4. The molecule has 0 spiro atoms. The molecule has 0 radical (unpaired) electrons. The molecule has 2 heteroatoms.